The summed E-state index contributed by atoms with van der Waals surface area (Å²) in [5, 5.41) is 3.40. The second kappa shape index (κ2) is 14.9. The lowest BCUT2D eigenvalue weighted by Crippen LogP contribution is -2.53. The lowest BCUT2D eigenvalue weighted by atomic mass is 10.0. The molecule has 0 aromatic heterocycles. The van der Waals surface area contributed by atoms with Crippen molar-refractivity contribution in [2.45, 2.75) is 39.8 Å². The summed E-state index contributed by atoms with van der Waals surface area (Å²) >= 11 is 6.49. The number of sulfonamides is 1. The Morgan fingerprint density at radius 1 is 0.951 bits per heavy atom. The standard InChI is InChI=1S/C31H38ClN3O5S/c1-5-40-29-18-12-11-17-27(29)35(41(4,38)39)22-30(36)34(21-25-15-9-10-16-26(25)32)28(31(37)33-20-23(2)3)19-24-13-7-6-8-14-24/h6-18,23,28H,5,19-22H2,1-4H3,(H,33,37). The summed E-state index contributed by atoms with van der Waals surface area (Å²) in [5.74, 6) is -0.355. The number of para-hydroxylation sites is 2. The van der Waals surface area contributed by atoms with Gasteiger partial charge in [0, 0.05) is 24.5 Å². The van der Waals surface area contributed by atoms with Crippen LogP contribution < -0.4 is 14.4 Å². The molecule has 3 rings (SSSR count). The molecule has 0 heterocycles. The fraction of sp³-hybridized carbons (Fsp3) is 0.355. The van der Waals surface area contributed by atoms with Crippen LogP contribution in [-0.4, -0.2) is 57.1 Å². The van der Waals surface area contributed by atoms with Gasteiger partial charge in [0.2, 0.25) is 21.8 Å². The molecule has 0 fully saturated rings. The van der Waals surface area contributed by atoms with Gasteiger partial charge in [0.15, 0.2) is 0 Å². The molecule has 0 bridgehead atoms. The highest BCUT2D eigenvalue weighted by atomic mass is 35.5. The third-order valence-electron chi connectivity index (χ3n) is 6.37. The molecule has 3 aromatic carbocycles. The van der Waals surface area contributed by atoms with Crippen LogP contribution in [0.4, 0.5) is 5.69 Å². The second-order valence-electron chi connectivity index (χ2n) is 10.1. The third kappa shape index (κ3) is 9.23. The van der Waals surface area contributed by atoms with Gasteiger partial charge < -0.3 is 15.0 Å². The Morgan fingerprint density at radius 3 is 2.22 bits per heavy atom. The quantitative estimate of drug-likeness (QED) is 0.284. The molecule has 1 unspecified atom stereocenters. The molecular weight excluding hydrogens is 562 g/mol. The van der Waals surface area contributed by atoms with Crippen LogP contribution in [0, 0.1) is 5.92 Å². The van der Waals surface area contributed by atoms with E-state index in [1.54, 1.807) is 55.5 Å². The van der Waals surface area contributed by atoms with Gasteiger partial charge in [-0.15, -0.1) is 0 Å². The van der Waals surface area contributed by atoms with Crippen LogP contribution >= 0.6 is 11.6 Å². The number of carbonyl (C=O) groups excluding carboxylic acids is 2. The molecule has 0 aliphatic carbocycles. The normalized spacial score (nSPS) is 12.0. The van der Waals surface area contributed by atoms with Gasteiger partial charge in [-0.05, 0) is 42.2 Å². The maximum Gasteiger partial charge on any atom is 0.244 e. The van der Waals surface area contributed by atoms with Crippen LogP contribution in [0.2, 0.25) is 5.02 Å². The van der Waals surface area contributed by atoms with Crippen molar-refractivity contribution in [1.29, 1.82) is 0 Å². The molecule has 1 N–H and O–H groups in total. The zero-order valence-electron chi connectivity index (χ0n) is 23.9. The van der Waals surface area contributed by atoms with Gasteiger partial charge in [0.05, 0.1) is 18.6 Å². The molecule has 3 aromatic rings. The Morgan fingerprint density at radius 2 is 1.59 bits per heavy atom. The van der Waals surface area contributed by atoms with E-state index < -0.39 is 28.5 Å². The van der Waals surface area contributed by atoms with E-state index in [9.17, 15) is 18.0 Å². The van der Waals surface area contributed by atoms with Gasteiger partial charge in [-0.1, -0.05) is 86.1 Å². The summed E-state index contributed by atoms with van der Waals surface area (Å²) in [6, 6.07) is 22.2. The molecule has 1 atom stereocenters. The highest BCUT2D eigenvalue weighted by Crippen LogP contribution is 2.30. The fourth-order valence-electron chi connectivity index (χ4n) is 4.32. The van der Waals surface area contributed by atoms with E-state index in [1.807, 2.05) is 44.2 Å². The number of ether oxygens (including phenoxy) is 1. The van der Waals surface area contributed by atoms with Crippen LogP contribution in [0.3, 0.4) is 0 Å². The largest absolute Gasteiger partial charge is 0.492 e. The number of anilines is 1. The van der Waals surface area contributed by atoms with E-state index in [-0.39, 0.29) is 30.5 Å². The summed E-state index contributed by atoms with van der Waals surface area (Å²) in [7, 11) is -3.92. The van der Waals surface area contributed by atoms with Crippen LogP contribution in [0.25, 0.3) is 0 Å². The molecule has 41 heavy (non-hydrogen) atoms. The topological polar surface area (TPSA) is 96.0 Å². The summed E-state index contributed by atoms with van der Waals surface area (Å²) in [4.78, 5) is 29.3. The number of rotatable bonds is 14. The Hall–Kier alpha value is -3.56. The predicted octanol–water partition coefficient (Wildman–Crippen LogP) is 4.92. The molecule has 10 heteroatoms. The first-order valence-corrected chi connectivity index (χ1v) is 15.8. The average Bonchev–Trinajstić information content (AvgIpc) is 2.93. The Balaban J connectivity index is 2.08. The van der Waals surface area contributed by atoms with Crippen LogP contribution in [-0.2, 0) is 32.6 Å². The van der Waals surface area contributed by atoms with Crippen LogP contribution in [0.15, 0.2) is 78.9 Å². The van der Waals surface area contributed by atoms with Crippen LogP contribution in [0.5, 0.6) is 5.75 Å². The van der Waals surface area contributed by atoms with Crippen molar-refractivity contribution >= 4 is 39.1 Å². The molecule has 8 nitrogen and oxygen atoms in total. The van der Waals surface area contributed by atoms with Crippen molar-refractivity contribution < 1.29 is 22.7 Å². The van der Waals surface area contributed by atoms with Crippen molar-refractivity contribution in [1.82, 2.24) is 10.2 Å². The number of nitrogens with zero attached hydrogens (tertiary/aromatic N) is 2. The predicted molar refractivity (Wildman–Crippen MR) is 164 cm³/mol. The number of amides is 2. The SMILES string of the molecule is CCOc1ccccc1N(CC(=O)N(Cc1ccccc1Cl)C(Cc1ccccc1)C(=O)NCC(C)C)S(C)(=O)=O. The van der Waals surface area contributed by atoms with E-state index in [1.165, 1.54) is 4.90 Å². The lowest BCUT2D eigenvalue weighted by molar-refractivity contribution is -0.140. The minimum atomic E-state index is -3.92. The summed E-state index contributed by atoms with van der Waals surface area (Å²) in [5.41, 5.74) is 1.74. The number of hydrogen-bond acceptors (Lipinski definition) is 5. The minimum absolute atomic E-state index is 0.00974. The Kier molecular flexibility index (Phi) is 11.6. The lowest BCUT2D eigenvalue weighted by Gasteiger charge is -2.34. The maximum atomic E-state index is 14.2. The van der Waals surface area contributed by atoms with Gasteiger partial charge in [0.1, 0.15) is 18.3 Å². The van der Waals surface area contributed by atoms with Crippen molar-refractivity contribution in [3.8, 4) is 5.75 Å². The summed E-state index contributed by atoms with van der Waals surface area (Å²) < 4.78 is 32.8. The Bertz CT molecular complexity index is 1420. The maximum absolute atomic E-state index is 14.2. The first kappa shape index (κ1) is 32.0. The van der Waals surface area contributed by atoms with E-state index in [0.29, 0.717) is 29.5 Å². The number of carbonyl (C=O) groups is 2. The highest BCUT2D eigenvalue weighted by molar-refractivity contribution is 7.92. The van der Waals surface area contributed by atoms with Gasteiger partial charge in [0.25, 0.3) is 0 Å². The van der Waals surface area contributed by atoms with E-state index in [0.717, 1.165) is 16.1 Å². The zero-order chi connectivity index (χ0) is 30.0. The molecule has 0 aliphatic rings. The summed E-state index contributed by atoms with van der Waals surface area (Å²) in [6.45, 7) is 5.98. The minimum Gasteiger partial charge on any atom is -0.492 e. The van der Waals surface area contributed by atoms with E-state index >= 15 is 0 Å². The van der Waals surface area contributed by atoms with Gasteiger partial charge >= 0.3 is 0 Å². The molecule has 0 saturated carbocycles. The van der Waals surface area contributed by atoms with E-state index in [2.05, 4.69) is 5.32 Å². The number of hydrogen-bond donors (Lipinski definition) is 1. The molecule has 0 saturated heterocycles. The smallest absolute Gasteiger partial charge is 0.244 e. The summed E-state index contributed by atoms with van der Waals surface area (Å²) in [6.07, 6.45) is 1.27. The number of halogens is 1. The fourth-order valence-corrected chi connectivity index (χ4v) is 5.37. The molecule has 0 radical (unpaired) electrons. The van der Waals surface area contributed by atoms with Crippen molar-refractivity contribution in [3.63, 3.8) is 0 Å². The van der Waals surface area contributed by atoms with E-state index in [4.69, 9.17) is 16.3 Å². The monoisotopic (exact) mass is 599 g/mol. The van der Waals surface area contributed by atoms with Crippen molar-refractivity contribution in [3.05, 3.63) is 95.0 Å². The first-order chi connectivity index (χ1) is 19.5. The molecule has 220 valence electrons. The van der Waals surface area contributed by atoms with Gasteiger partial charge in [-0.2, -0.15) is 0 Å². The highest BCUT2D eigenvalue weighted by Gasteiger charge is 2.34. The third-order valence-corrected chi connectivity index (χ3v) is 7.86. The van der Waals surface area contributed by atoms with Crippen molar-refractivity contribution in [2.24, 2.45) is 5.92 Å². The first-order valence-electron chi connectivity index (χ1n) is 13.5. The number of benzene rings is 3. The average molecular weight is 600 g/mol. The van der Waals surface area contributed by atoms with Crippen molar-refractivity contribution in [2.75, 3.05) is 30.3 Å². The molecule has 0 aliphatic heterocycles. The van der Waals surface area contributed by atoms with Crippen LogP contribution in [0.1, 0.15) is 31.9 Å². The van der Waals surface area contributed by atoms with Gasteiger partial charge in [-0.25, -0.2) is 8.42 Å². The molecule has 0 spiro atoms. The molecule has 2 amide bonds. The molecular formula is C31H38ClN3O5S. The number of nitrogens with one attached hydrogen (secondary N) is 1. The van der Waals surface area contributed by atoms with Gasteiger partial charge in [-0.3, -0.25) is 13.9 Å². The second-order valence-corrected chi connectivity index (χ2v) is 12.4. The Labute approximate surface area is 248 Å². The zero-order valence-corrected chi connectivity index (χ0v) is 25.5.